The molecule has 3 aromatic rings. The lowest BCUT2D eigenvalue weighted by Gasteiger charge is -2.45. The molecule has 0 saturated carbocycles. The van der Waals surface area contributed by atoms with Crippen LogP contribution in [0.2, 0.25) is 0 Å². The van der Waals surface area contributed by atoms with E-state index in [1.807, 2.05) is 0 Å². The Morgan fingerprint density at radius 1 is 0.761 bits per heavy atom. The quantitative estimate of drug-likeness (QED) is 0.150. The lowest BCUT2D eigenvalue weighted by molar-refractivity contribution is -0.348. The predicted molar refractivity (Wildman–Crippen MR) is 155 cm³/mol. The van der Waals surface area contributed by atoms with Crippen molar-refractivity contribution >= 4 is 11.0 Å². The number of rotatable bonds is 9. The van der Waals surface area contributed by atoms with Gasteiger partial charge < -0.3 is 73.3 Å². The molecule has 16 heteroatoms. The largest absolute Gasteiger partial charge is 0.502 e. The van der Waals surface area contributed by atoms with Crippen LogP contribution in [0.25, 0.3) is 22.3 Å². The fourth-order valence-electron chi connectivity index (χ4n) is 5.40. The molecular formula is C30H36O16. The number of hydrogen-bond donors (Lipinski definition) is 7. The van der Waals surface area contributed by atoms with Gasteiger partial charge in [0.15, 0.2) is 23.2 Å². The third kappa shape index (κ3) is 6.18. The minimum atomic E-state index is -1.74. The van der Waals surface area contributed by atoms with Gasteiger partial charge in [0.25, 0.3) is 0 Å². The van der Waals surface area contributed by atoms with Crippen molar-refractivity contribution in [3.05, 3.63) is 40.6 Å². The summed E-state index contributed by atoms with van der Waals surface area (Å²) in [5.41, 5.74) is -0.0772. The van der Waals surface area contributed by atoms with Crippen molar-refractivity contribution in [1.29, 1.82) is 0 Å². The first-order valence-electron chi connectivity index (χ1n) is 14.2. The molecule has 0 bridgehead atoms. The molecule has 16 nitrogen and oxygen atoms in total. The third-order valence-electron chi connectivity index (χ3n) is 7.92. The smallest absolute Gasteiger partial charge is 0.229 e. The van der Waals surface area contributed by atoms with Crippen molar-refractivity contribution in [1.82, 2.24) is 0 Å². The molecule has 7 N–H and O–H groups in total. The van der Waals surface area contributed by atoms with Crippen molar-refractivity contribution < 1.29 is 73.3 Å². The molecule has 2 fully saturated rings. The van der Waals surface area contributed by atoms with Gasteiger partial charge >= 0.3 is 0 Å². The highest BCUT2D eigenvalue weighted by Gasteiger charge is 2.50. The van der Waals surface area contributed by atoms with Gasteiger partial charge in [0.1, 0.15) is 71.0 Å². The Hall–Kier alpha value is -3.71. The third-order valence-corrected chi connectivity index (χ3v) is 7.92. The molecule has 0 spiro atoms. The Bertz CT molecular complexity index is 1560. The zero-order valence-corrected chi connectivity index (χ0v) is 25.2. The molecule has 2 aliphatic heterocycles. The van der Waals surface area contributed by atoms with E-state index < -0.39 is 73.4 Å². The molecule has 5 rings (SSSR count). The lowest BCUT2D eigenvalue weighted by atomic mass is 9.97. The summed E-state index contributed by atoms with van der Waals surface area (Å²) in [6.07, 6.45) is -15.0. The zero-order valence-electron chi connectivity index (χ0n) is 25.2. The number of aliphatic hydroxyl groups excluding tert-OH is 6. The van der Waals surface area contributed by atoms with E-state index in [0.29, 0.717) is 5.56 Å². The van der Waals surface area contributed by atoms with Crippen LogP contribution in [-0.4, -0.2) is 125 Å². The number of methoxy groups -OCH3 is 3. The van der Waals surface area contributed by atoms with Gasteiger partial charge in [-0.25, -0.2) is 0 Å². The molecule has 1 aromatic heterocycles. The summed E-state index contributed by atoms with van der Waals surface area (Å²) in [5.74, 6) is 0.129. The van der Waals surface area contributed by atoms with E-state index in [0.717, 1.165) is 0 Å². The first-order chi connectivity index (χ1) is 21.9. The van der Waals surface area contributed by atoms with Crippen LogP contribution >= 0.6 is 0 Å². The Morgan fingerprint density at radius 3 is 2.00 bits per heavy atom. The van der Waals surface area contributed by atoms with Crippen molar-refractivity contribution in [3.63, 3.8) is 0 Å². The molecule has 10 unspecified atom stereocenters. The van der Waals surface area contributed by atoms with Crippen LogP contribution in [0.1, 0.15) is 6.92 Å². The maximum Gasteiger partial charge on any atom is 0.229 e. The second-order valence-electron chi connectivity index (χ2n) is 10.8. The summed E-state index contributed by atoms with van der Waals surface area (Å²) in [7, 11) is 4.04. The molecule has 0 radical (unpaired) electrons. The van der Waals surface area contributed by atoms with E-state index in [1.54, 1.807) is 0 Å². The second-order valence-corrected chi connectivity index (χ2v) is 10.8. The van der Waals surface area contributed by atoms with Crippen LogP contribution in [0.5, 0.6) is 28.7 Å². The summed E-state index contributed by atoms with van der Waals surface area (Å²) in [5, 5.41) is 72.1. The van der Waals surface area contributed by atoms with Gasteiger partial charge in [-0.2, -0.15) is 0 Å². The fourth-order valence-corrected chi connectivity index (χ4v) is 5.40. The second kappa shape index (κ2) is 13.6. The van der Waals surface area contributed by atoms with Gasteiger partial charge in [0, 0.05) is 23.8 Å². The number of aromatic hydroxyl groups is 1. The molecule has 3 heterocycles. The average Bonchev–Trinajstić information content (AvgIpc) is 3.04. The highest BCUT2D eigenvalue weighted by atomic mass is 16.7. The van der Waals surface area contributed by atoms with Crippen molar-refractivity contribution in [3.8, 4) is 40.1 Å². The number of fused-ring (bicyclic) bond motifs is 1. The number of phenols is 1. The molecule has 0 aliphatic carbocycles. The molecule has 252 valence electrons. The van der Waals surface area contributed by atoms with Gasteiger partial charge in [0.2, 0.25) is 12.0 Å². The van der Waals surface area contributed by atoms with Crippen molar-refractivity contribution in [2.75, 3.05) is 27.9 Å². The van der Waals surface area contributed by atoms with Crippen LogP contribution in [0, 0.1) is 0 Å². The number of hydrogen-bond acceptors (Lipinski definition) is 16. The summed E-state index contributed by atoms with van der Waals surface area (Å²) in [4.78, 5) is 13.2. The monoisotopic (exact) mass is 652 g/mol. The van der Waals surface area contributed by atoms with Crippen molar-refractivity contribution in [2.45, 2.75) is 68.3 Å². The first kappa shape index (κ1) is 33.6. The van der Waals surface area contributed by atoms with Crippen LogP contribution in [0.15, 0.2) is 39.5 Å². The van der Waals surface area contributed by atoms with E-state index in [-0.39, 0.29) is 45.5 Å². The molecule has 2 aliphatic rings. The van der Waals surface area contributed by atoms with Gasteiger partial charge in [-0.15, -0.1) is 0 Å². The van der Waals surface area contributed by atoms with Gasteiger partial charge in [-0.3, -0.25) is 4.79 Å². The predicted octanol–water partition coefficient (Wildman–Crippen LogP) is -0.778. The molecule has 2 aromatic carbocycles. The van der Waals surface area contributed by atoms with Crippen LogP contribution in [0.4, 0.5) is 0 Å². The highest BCUT2D eigenvalue weighted by molar-refractivity contribution is 5.86. The van der Waals surface area contributed by atoms with E-state index in [1.165, 1.54) is 58.6 Å². The molecule has 46 heavy (non-hydrogen) atoms. The Labute approximate surface area is 261 Å². The van der Waals surface area contributed by atoms with Crippen LogP contribution in [-0.2, 0) is 14.2 Å². The number of ether oxygens (including phenoxy) is 7. The van der Waals surface area contributed by atoms with Gasteiger partial charge in [0.05, 0.1) is 34.0 Å². The minimum absolute atomic E-state index is 0.0299. The Kier molecular flexibility index (Phi) is 9.92. The SMILES string of the molecule is COc1cc(-c2cc(=O)c3c(OC)cc(OC4OC(C)C(OC5OC(CO)C(O)C(O)C5O)C(O)C4O)cc3o2)cc(OC)c1O. The van der Waals surface area contributed by atoms with E-state index in [9.17, 15) is 40.5 Å². The Morgan fingerprint density at radius 2 is 1.39 bits per heavy atom. The van der Waals surface area contributed by atoms with Gasteiger partial charge in [-0.1, -0.05) is 0 Å². The lowest BCUT2D eigenvalue weighted by Crippen LogP contribution is -2.64. The molecule has 10 atom stereocenters. The van der Waals surface area contributed by atoms with Gasteiger partial charge in [-0.05, 0) is 19.1 Å². The number of aliphatic hydroxyl groups is 6. The molecular weight excluding hydrogens is 616 g/mol. The van der Waals surface area contributed by atoms with Crippen LogP contribution in [0.3, 0.4) is 0 Å². The maximum atomic E-state index is 13.2. The topological polar surface area (TPSA) is 236 Å². The van der Waals surface area contributed by atoms with E-state index in [4.69, 9.17) is 37.6 Å². The van der Waals surface area contributed by atoms with Crippen molar-refractivity contribution in [2.24, 2.45) is 0 Å². The summed E-state index contributed by atoms with van der Waals surface area (Å²) in [6.45, 7) is 0.809. The fraction of sp³-hybridized carbons (Fsp3) is 0.500. The van der Waals surface area contributed by atoms with Crippen LogP contribution < -0.4 is 24.4 Å². The standard InChI is InChI=1S/C30H36O16/c1-11-28(46-30-26(37)24(35)23(34)20(10-31)45-30)25(36)27(38)29(42-11)43-13-7-16(39-2)21-14(32)9-15(44-17(21)8-13)12-5-18(40-3)22(33)19(6-12)41-4/h5-9,11,20,23-31,33-38H,10H2,1-4H3. The maximum absolute atomic E-state index is 13.2. The molecule has 0 amide bonds. The average molecular weight is 653 g/mol. The zero-order chi connectivity index (χ0) is 33.4. The highest BCUT2D eigenvalue weighted by Crippen LogP contribution is 2.41. The summed E-state index contributed by atoms with van der Waals surface area (Å²) < 4.78 is 44.5. The first-order valence-corrected chi connectivity index (χ1v) is 14.2. The Balaban J connectivity index is 1.40. The van der Waals surface area contributed by atoms with E-state index >= 15 is 0 Å². The minimum Gasteiger partial charge on any atom is -0.502 e. The number of phenolic OH excluding ortho intramolecular Hbond substituents is 1. The van der Waals surface area contributed by atoms with E-state index in [2.05, 4.69) is 0 Å². The number of benzene rings is 2. The summed E-state index contributed by atoms with van der Waals surface area (Å²) in [6, 6.07) is 6.88. The normalized spacial score (nSPS) is 31.4. The molecule has 2 saturated heterocycles. The summed E-state index contributed by atoms with van der Waals surface area (Å²) >= 11 is 0.